The second-order valence-electron chi connectivity index (χ2n) is 5.21. The van der Waals surface area contributed by atoms with Crippen molar-refractivity contribution < 1.29 is 4.74 Å². The van der Waals surface area contributed by atoms with Gasteiger partial charge in [0.05, 0.1) is 23.0 Å². The quantitative estimate of drug-likeness (QED) is 0.559. The molecule has 116 valence electrons. The number of anilines is 1. The van der Waals surface area contributed by atoms with Crippen LogP contribution < -0.4 is 10.2 Å². The predicted octanol–water partition coefficient (Wildman–Crippen LogP) is 5.30. The first-order chi connectivity index (χ1) is 10.6. The number of hydrogen-bond donors (Lipinski definition) is 1. The number of hydrogen-bond acceptors (Lipinski definition) is 3. The summed E-state index contributed by atoms with van der Waals surface area (Å²) in [4.78, 5) is 0. The van der Waals surface area contributed by atoms with Crippen LogP contribution in [0.4, 0.5) is 5.69 Å². The minimum absolute atomic E-state index is 0.723. The molecule has 0 amide bonds. The van der Waals surface area contributed by atoms with Crippen molar-refractivity contribution in [3.05, 3.63) is 57.6 Å². The van der Waals surface area contributed by atoms with Gasteiger partial charge in [0, 0.05) is 0 Å². The smallest absolute Gasteiger partial charge is 0.133 e. The van der Waals surface area contributed by atoms with E-state index >= 15 is 0 Å². The highest BCUT2D eigenvalue weighted by Gasteiger charge is 2.01. The molecule has 0 aliphatic rings. The van der Waals surface area contributed by atoms with Gasteiger partial charge in [-0.3, -0.25) is 5.43 Å². The number of benzene rings is 2. The van der Waals surface area contributed by atoms with E-state index in [-0.39, 0.29) is 0 Å². The first-order valence-electron chi connectivity index (χ1n) is 7.39. The zero-order valence-corrected chi connectivity index (χ0v) is 14.8. The van der Waals surface area contributed by atoms with Gasteiger partial charge in [0.25, 0.3) is 0 Å². The van der Waals surface area contributed by atoms with Crippen LogP contribution in [0.2, 0.25) is 0 Å². The van der Waals surface area contributed by atoms with E-state index in [0.29, 0.717) is 0 Å². The fraction of sp³-hybridized carbons (Fsp3) is 0.278. The van der Waals surface area contributed by atoms with Crippen LogP contribution in [0.25, 0.3) is 0 Å². The van der Waals surface area contributed by atoms with Crippen molar-refractivity contribution in [1.82, 2.24) is 0 Å². The molecule has 1 N–H and O–H groups in total. The van der Waals surface area contributed by atoms with Crippen molar-refractivity contribution in [2.24, 2.45) is 5.10 Å². The normalized spacial score (nSPS) is 10.9. The van der Waals surface area contributed by atoms with Crippen molar-refractivity contribution in [2.75, 3.05) is 12.0 Å². The third-order valence-corrected chi connectivity index (χ3v) is 3.95. The highest BCUT2D eigenvalue weighted by atomic mass is 79.9. The summed E-state index contributed by atoms with van der Waals surface area (Å²) in [6.45, 7) is 7.01. The van der Waals surface area contributed by atoms with Crippen molar-refractivity contribution >= 4 is 27.8 Å². The summed E-state index contributed by atoms with van der Waals surface area (Å²) in [5.74, 6) is 0.862. The molecule has 0 bridgehead atoms. The van der Waals surface area contributed by atoms with Crippen molar-refractivity contribution in [2.45, 2.75) is 27.2 Å². The molecule has 2 aromatic carbocycles. The first kappa shape index (κ1) is 16.6. The van der Waals surface area contributed by atoms with Crippen LogP contribution in [-0.4, -0.2) is 12.8 Å². The van der Waals surface area contributed by atoms with Gasteiger partial charge in [-0.25, -0.2) is 0 Å². The summed E-state index contributed by atoms with van der Waals surface area (Å²) < 4.78 is 6.57. The zero-order chi connectivity index (χ0) is 15.9. The topological polar surface area (TPSA) is 33.6 Å². The van der Waals surface area contributed by atoms with Gasteiger partial charge >= 0.3 is 0 Å². The van der Waals surface area contributed by atoms with Crippen LogP contribution in [0.5, 0.6) is 5.75 Å². The number of nitrogens with zero attached hydrogens (tertiary/aromatic N) is 1. The predicted molar refractivity (Wildman–Crippen MR) is 97.1 cm³/mol. The fourth-order valence-electron chi connectivity index (χ4n) is 1.92. The van der Waals surface area contributed by atoms with Crippen LogP contribution in [0, 0.1) is 13.8 Å². The zero-order valence-electron chi connectivity index (χ0n) is 13.2. The molecule has 0 fully saturated rings. The highest BCUT2D eigenvalue weighted by molar-refractivity contribution is 9.10. The van der Waals surface area contributed by atoms with Crippen LogP contribution in [-0.2, 0) is 0 Å². The number of rotatable bonds is 6. The molecule has 2 rings (SSSR count). The van der Waals surface area contributed by atoms with Gasteiger partial charge in [0.1, 0.15) is 5.75 Å². The van der Waals surface area contributed by atoms with Crippen LogP contribution in [0.3, 0.4) is 0 Å². The van der Waals surface area contributed by atoms with Crippen molar-refractivity contribution in [3.63, 3.8) is 0 Å². The number of hydrazone groups is 1. The maximum Gasteiger partial charge on any atom is 0.133 e. The molecular weight excluding hydrogens is 340 g/mol. The molecule has 0 aromatic heterocycles. The molecule has 0 aliphatic heterocycles. The summed E-state index contributed by atoms with van der Waals surface area (Å²) in [5.41, 5.74) is 7.58. The van der Waals surface area contributed by atoms with Crippen LogP contribution in [0.15, 0.2) is 46.0 Å². The van der Waals surface area contributed by atoms with Gasteiger partial charge in [0.2, 0.25) is 0 Å². The van der Waals surface area contributed by atoms with Gasteiger partial charge in [-0.15, -0.1) is 0 Å². The Bertz CT molecular complexity index is 668. The van der Waals surface area contributed by atoms with Crippen molar-refractivity contribution in [1.29, 1.82) is 0 Å². The molecule has 0 radical (unpaired) electrons. The molecule has 4 heteroatoms. The lowest BCUT2D eigenvalue weighted by atomic mass is 10.1. The van der Waals surface area contributed by atoms with E-state index < -0.39 is 0 Å². The number of halogens is 1. The van der Waals surface area contributed by atoms with E-state index in [4.69, 9.17) is 4.74 Å². The molecule has 0 spiro atoms. The molecule has 0 saturated carbocycles. The van der Waals surface area contributed by atoms with Gasteiger partial charge in [-0.05, 0) is 83.2 Å². The fourth-order valence-corrected chi connectivity index (χ4v) is 2.43. The molecule has 3 nitrogen and oxygen atoms in total. The monoisotopic (exact) mass is 360 g/mol. The van der Waals surface area contributed by atoms with Crippen LogP contribution >= 0.6 is 15.9 Å². The number of aryl methyl sites for hydroxylation is 2. The Kier molecular flexibility index (Phi) is 6.01. The Labute approximate surface area is 140 Å². The Balaban J connectivity index is 2.00. The Hall–Kier alpha value is -1.81. The summed E-state index contributed by atoms with van der Waals surface area (Å²) in [6, 6.07) is 12.1. The van der Waals surface area contributed by atoms with Crippen molar-refractivity contribution in [3.8, 4) is 5.75 Å². The van der Waals surface area contributed by atoms with Gasteiger partial charge in [0.15, 0.2) is 0 Å². The minimum atomic E-state index is 0.723. The molecule has 0 saturated heterocycles. The minimum Gasteiger partial charge on any atom is -0.492 e. The average Bonchev–Trinajstić information content (AvgIpc) is 2.50. The van der Waals surface area contributed by atoms with Gasteiger partial charge in [-0.2, -0.15) is 5.10 Å². The lowest BCUT2D eigenvalue weighted by molar-refractivity contribution is 0.315. The van der Waals surface area contributed by atoms with E-state index in [1.807, 2.05) is 24.3 Å². The second kappa shape index (κ2) is 7.99. The number of ether oxygens (including phenoxy) is 1. The standard InChI is InChI=1S/C18H21BrN2O/c1-4-9-22-18-8-6-15(11-17(18)19)12-20-21-16-7-5-13(2)14(3)10-16/h5-8,10-12,21H,4,9H2,1-3H3/b20-12+. The van der Waals surface area contributed by atoms with Gasteiger partial charge < -0.3 is 4.74 Å². The SMILES string of the molecule is CCCOc1ccc(/C=N/Nc2ccc(C)c(C)c2)cc1Br. The Morgan fingerprint density at radius 1 is 1.14 bits per heavy atom. The first-order valence-corrected chi connectivity index (χ1v) is 8.18. The summed E-state index contributed by atoms with van der Waals surface area (Å²) in [6.07, 6.45) is 2.79. The largest absolute Gasteiger partial charge is 0.492 e. The molecule has 0 unspecified atom stereocenters. The average molecular weight is 361 g/mol. The highest BCUT2D eigenvalue weighted by Crippen LogP contribution is 2.25. The van der Waals surface area contributed by atoms with E-state index in [9.17, 15) is 0 Å². The van der Waals surface area contributed by atoms with E-state index in [1.54, 1.807) is 6.21 Å². The maximum absolute atomic E-state index is 5.63. The molecule has 0 atom stereocenters. The van der Waals surface area contributed by atoms with E-state index in [0.717, 1.165) is 34.5 Å². The maximum atomic E-state index is 5.63. The third-order valence-electron chi connectivity index (χ3n) is 3.33. The lowest BCUT2D eigenvalue weighted by Gasteiger charge is -2.07. The molecule has 0 aliphatic carbocycles. The van der Waals surface area contributed by atoms with E-state index in [2.05, 4.69) is 59.4 Å². The van der Waals surface area contributed by atoms with Crippen LogP contribution in [0.1, 0.15) is 30.0 Å². The number of nitrogens with one attached hydrogen (secondary N) is 1. The second-order valence-corrected chi connectivity index (χ2v) is 6.06. The van der Waals surface area contributed by atoms with Gasteiger partial charge in [-0.1, -0.05) is 13.0 Å². The van der Waals surface area contributed by atoms with E-state index in [1.165, 1.54) is 11.1 Å². The summed E-state index contributed by atoms with van der Waals surface area (Å²) >= 11 is 3.52. The lowest BCUT2D eigenvalue weighted by Crippen LogP contribution is -1.96. The molecule has 2 aromatic rings. The molecular formula is C18H21BrN2O. The molecule has 0 heterocycles. The Morgan fingerprint density at radius 3 is 2.64 bits per heavy atom. The third kappa shape index (κ3) is 4.60. The summed E-state index contributed by atoms with van der Waals surface area (Å²) in [7, 11) is 0. The molecule has 22 heavy (non-hydrogen) atoms. The summed E-state index contributed by atoms with van der Waals surface area (Å²) in [5, 5.41) is 4.28. The Morgan fingerprint density at radius 2 is 1.95 bits per heavy atom.